The van der Waals surface area contributed by atoms with Gasteiger partial charge in [0.15, 0.2) is 5.84 Å². The third kappa shape index (κ3) is 6.03. The summed E-state index contributed by atoms with van der Waals surface area (Å²) < 4.78 is 7.21. The number of aromatic nitrogens is 3. The number of fused-ring (bicyclic) bond motifs is 8. The van der Waals surface area contributed by atoms with Crippen LogP contribution in [-0.2, 0) is 0 Å². The monoisotopic (exact) mass is 832 g/mol. The van der Waals surface area contributed by atoms with E-state index in [4.69, 9.17) is 9.98 Å². The van der Waals surface area contributed by atoms with Gasteiger partial charge in [0.1, 0.15) is 12.0 Å². The molecule has 4 heterocycles. The lowest BCUT2D eigenvalue weighted by Gasteiger charge is -2.23. The first-order valence-corrected chi connectivity index (χ1v) is 22.1. The molecule has 1 N–H and O–H groups in total. The maximum atomic E-state index is 5.23. The molecule has 9 aromatic carbocycles. The smallest absolute Gasteiger partial charge is 0.159 e. The zero-order valence-electron chi connectivity index (χ0n) is 35.3. The van der Waals surface area contributed by atoms with Gasteiger partial charge in [0.05, 0.1) is 33.3 Å². The van der Waals surface area contributed by atoms with Gasteiger partial charge < -0.3 is 19.0 Å². The fourth-order valence-corrected chi connectivity index (χ4v) is 9.98. The molecule has 6 nitrogen and oxygen atoms in total. The van der Waals surface area contributed by atoms with Gasteiger partial charge in [0.25, 0.3) is 0 Å². The van der Waals surface area contributed by atoms with Crippen LogP contribution < -0.4 is 5.32 Å². The zero-order valence-corrected chi connectivity index (χ0v) is 35.3. The maximum absolute atomic E-state index is 5.23. The molecule has 0 saturated heterocycles. The number of rotatable bonds is 7. The Kier molecular flexibility index (Phi) is 8.49. The van der Waals surface area contributed by atoms with Gasteiger partial charge in [-0.25, -0.2) is 9.98 Å². The van der Waals surface area contributed by atoms with Crippen LogP contribution in [0.5, 0.6) is 0 Å². The summed E-state index contributed by atoms with van der Waals surface area (Å²) in [6.45, 7) is 0. The molecule has 1 unspecified atom stereocenters. The fourth-order valence-electron chi connectivity index (χ4n) is 9.98. The van der Waals surface area contributed by atoms with Crippen molar-refractivity contribution in [2.24, 2.45) is 9.98 Å². The molecule has 0 radical (unpaired) electrons. The summed E-state index contributed by atoms with van der Waals surface area (Å²) in [6.07, 6.45) is 1.96. The Bertz CT molecular complexity index is 3840. The Morgan fingerprint density at radius 3 is 1.86 bits per heavy atom. The molecule has 0 amide bonds. The average molecular weight is 833 g/mol. The topological polar surface area (TPSA) is 51.5 Å². The lowest BCUT2D eigenvalue weighted by atomic mass is 10.0. The highest BCUT2D eigenvalue weighted by Crippen LogP contribution is 2.42. The van der Waals surface area contributed by atoms with Crippen molar-refractivity contribution < 1.29 is 0 Å². The van der Waals surface area contributed by atoms with Crippen molar-refractivity contribution in [1.29, 1.82) is 0 Å². The van der Waals surface area contributed by atoms with Crippen LogP contribution >= 0.6 is 0 Å². The van der Waals surface area contributed by atoms with Crippen LogP contribution in [0.25, 0.3) is 82.7 Å². The van der Waals surface area contributed by atoms with E-state index in [1.807, 2.05) is 24.3 Å². The lowest BCUT2D eigenvalue weighted by molar-refractivity contribution is 0.674. The summed E-state index contributed by atoms with van der Waals surface area (Å²) in [6, 6.07) is 80.0. The van der Waals surface area contributed by atoms with Crippen molar-refractivity contribution in [2.45, 2.75) is 6.17 Å². The lowest BCUT2D eigenvalue weighted by Crippen LogP contribution is -2.33. The van der Waals surface area contributed by atoms with Crippen LogP contribution in [0.2, 0.25) is 0 Å². The third-order valence-corrected chi connectivity index (χ3v) is 12.9. The molecule has 12 aromatic rings. The number of hydrogen-bond acceptors (Lipinski definition) is 3. The van der Waals surface area contributed by atoms with Crippen molar-refractivity contribution in [3.05, 3.63) is 247 Å². The molecule has 0 spiro atoms. The van der Waals surface area contributed by atoms with Gasteiger partial charge >= 0.3 is 0 Å². The van der Waals surface area contributed by atoms with Crippen LogP contribution in [0.3, 0.4) is 0 Å². The van der Waals surface area contributed by atoms with E-state index in [9.17, 15) is 0 Å². The summed E-state index contributed by atoms with van der Waals surface area (Å²) in [7, 11) is 0. The van der Waals surface area contributed by atoms with Gasteiger partial charge in [-0.15, -0.1) is 0 Å². The van der Waals surface area contributed by atoms with E-state index in [1.54, 1.807) is 0 Å². The average Bonchev–Trinajstić information content (AvgIpc) is 4.08. The van der Waals surface area contributed by atoms with E-state index >= 15 is 0 Å². The first-order valence-electron chi connectivity index (χ1n) is 22.1. The molecule has 0 aliphatic carbocycles. The molecule has 65 heavy (non-hydrogen) atoms. The molecule has 306 valence electrons. The van der Waals surface area contributed by atoms with E-state index in [2.05, 4.69) is 225 Å². The Hall–Kier alpha value is -8.74. The minimum Gasteiger partial charge on any atom is -0.344 e. The van der Waals surface area contributed by atoms with Crippen LogP contribution in [0, 0.1) is 0 Å². The van der Waals surface area contributed by atoms with Gasteiger partial charge in [-0.3, -0.25) is 0 Å². The maximum Gasteiger partial charge on any atom is 0.159 e. The summed E-state index contributed by atoms with van der Waals surface area (Å²) in [5.74, 6) is 1.48. The quantitative estimate of drug-likeness (QED) is 0.171. The Morgan fingerprint density at radius 2 is 1.05 bits per heavy atom. The Labute approximate surface area is 375 Å². The first-order chi connectivity index (χ1) is 32.2. The number of aliphatic imine (C=N–C) groups is 2. The predicted molar refractivity (Wildman–Crippen MR) is 269 cm³/mol. The number of nitrogens with zero attached hydrogens (tertiary/aromatic N) is 5. The van der Waals surface area contributed by atoms with Gasteiger partial charge in [-0.2, -0.15) is 0 Å². The molecule has 1 atom stereocenters. The predicted octanol–water partition coefficient (Wildman–Crippen LogP) is 14.0. The minimum absolute atomic E-state index is 0.290. The van der Waals surface area contributed by atoms with Gasteiger partial charge in [0, 0.05) is 55.6 Å². The molecule has 0 saturated carbocycles. The highest BCUT2D eigenvalue weighted by Gasteiger charge is 2.24. The van der Waals surface area contributed by atoms with Gasteiger partial charge in [-0.05, 0) is 83.4 Å². The molecule has 0 fully saturated rings. The van der Waals surface area contributed by atoms with E-state index in [0.717, 1.165) is 56.1 Å². The van der Waals surface area contributed by atoms with E-state index in [0.29, 0.717) is 5.84 Å². The molecular weight excluding hydrogens is 793 g/mol. The second-order valence-electron chi connectivity index (χ2n) is 16.7. The normalized spacial score (nSPS) is 14.0. The molecule has 0 bridgehead atoms. The summed E-state index contributed by atoms with van der Waals surface area (Å²) in [4.78, 5) is 10.4. The first kappa shape index (κ1) is 36.9. The van der Waals surface area contributed by atoms with E-state index < -0.39 is 0 Å². The summed E-state index contributed by atoms with van der Waals surface area (Å²) in [5.41, 5.74) is 14.5. The van der Waals surface area contributed by atoms with Crippen molar-refractivity contribution in [2.75, 3.05) is 0 Å². The Morgan fingerprint density at radius 1 is 0.400 bits per heavy atom. The summed E-state index contributed by atoms with van der Waals surface area (Å²) >= 11 is 0. The summed E-state index contributed by atoms with van der Waals surface area (Å²) in [5, 5.41) is 9.65. The minimum atomic E-state index is -0.290. The molecule has 6 heteroatoms. The van der Waals surface area contributed by atoms with Gasteiger partial charge in [-0.1, -0.05) is 158 Å². The highest BCUT2D eigenvalue weighted by atomic mass is 15.2. The molecule has 1 aliphatic heterocycles. The van der Waals surface area contributed by atoms with Crippen LogP contribution in [0.1, 0.15) is 22.9 Å². The SMILES string of the molecule is c1ccc(C2=NC(c3cccc(-n4c5ccc(-c6ccccc6)cc5c5c(-n6ccc7c6ccc6c8ccccc8n(-c8ccccc8)c67)cccc54)c3)=NC(c3ccccc3)N2)cc1. The van der Waals surface area contributed by atoms with Crippen molar-refractivity contribution >= 4 is 66.2 Å². The number of nitrogens with one attached hydrogen (secondary N) is 1. The standard InChI is InChI=1S/C59H40N6/c1-5-17-39(18-6-1)42-31-33-52-49(38-42)55-53(63-36-35-48-50(63)34-32-47-46-27-13-14-28-51(46)65(56(47)48)44-24-11-4-12-25-44)29-16-30-54(55)64(52)45-26-15-23-43(37-45)59-61-57(40-19-7-2-8-20-40)60-58(62-59)41-21-9-3-10-22-41/h1-38,57H,(H,60,61,62). The van der Waals surface area contributed by atoms with E-state index in [-0.39, 0.29) is 6.17 Å². The second kappa shape index (κ2) is 15.0. The number of amidine groups is 2. The number of para-hydroxylation sites is 2. The Balaban J connectivity index is 1.03. The van der Waals surface area contributed by atoms with Crippen molar-refractivity contribution in [1.82, 2.24) is 19.0 Å². The molecular formula is C59H40N6. The molecule has 1 aliphatic rings. The second-order valence-corrected chi connectivity index (χ2v) is 16.7. The van der Waals surface area contributed by atoms with Crippen LogP contribution in [-0.4, -0.2) is 25.4 Å². The fraction of sp³-hybridized carbons (Fsp3) is 0.0169. The number of benzene rings is 9. The van der Waals surface area contributed by atoms with Crippen molar-refractivity contribution in [3.8, 4) is 28.2 Å². The van der Waals surface area contributed by atoms with Crippen LogP contribution in [0.15, 0.2) is 241 Å². The third-order valence-electron chi connectivity index (χ3n) is 12.9. The van der Waals surface area contributed by atoms with E-state index in [1.165, 1.54) is 49.1 Å². The van der Waals surface area contributed by atoms with Crippen molar-refractivity contribution in [3.63, 3.8) is 0 Å². The van der Waals surface area contributed by atoms with Gasteiger partial charge in [0.2, 0.25) is 0 Å². The van der Waals surface area contributed by atoms with Crippen LogP contribution in [0.4, 0.5) is 0 Å². The molecule has 13 rings (SSSR count). The zero-order chi connectivity index (χ0) is 42.8. The molecule has 3 aromatic heterocycles. The largest absolute Gasteiger partial charge is 0.344 e. The number of hydrogen-bond donors (Lipinski definition) is 1. The highest BCUT2D eigenvalue weighted by molar-refractivity contribution is 6.20.